The Morgan fingerprint density at radius 3 is 2.35 bits per heavy atom. The lowest BCUT2D eigenvalue weighted by molar-refractivity contribution is -0.384. The van der Waals surface area contributed by atoms with Gasteiger partial charge in [-0.2, -0.15) is 0 Å². The van der Waals surface area contributed by atoms with Crippen molar-refractivity contribution in [2.24, 2.45) is 5.92 Å². The minimum atomic E-state index is -0.803. The van der Waals surface area contributed by atoms with Crippen LogP contribution in [0.15, 0.2) is 54.6 Å². The zero-order valence-electron chi connectivity index (χ0n) is 18.7. The molecule has 0 radical (unpaired) electrons. The number of nitrogens with zero attached hydrogens (tertiary/aromatic N) is 3. The van der Waals surface area contributed by atoms with Gasteiger partial charge in [0.15, 0.2) is 0 Å². The lowest BCUT2D eigenvalue weighted by Gasteiger charge is -2.20. The van der Waals surface area contributed by atoms with Crippen molar-refractivity contribution in [1.29, 1.82) is 0 Å². The summed E-state index contributed by atoms with van der Waals surface area (Å²) in [6.45, 7) is 3.63. The number of ether oxygens (including phenoxy) is 1. The van der Waals surface area contributed by atoms with Crippen LogP contribution in [0, 0.1) is 16.0 Å². The van der Waals surface area contributed by atoms with Crippen LogP contribution in [0.4, 0.5) is 10.8 Å². The number of benzene rings is 2. The number of nitrogens with one attached hydrogen (secondary N) is 2. The van der Waals surface area contributed by atoms with E-state index in [1.54, 1.807) is 7.11 Å². The maximum Gasteiger partial charge on any atom is 0.269 e. The Labute approximate surface area is 199 Å². The van der Waals surface area contributed by atoms with Crippen LogP contribution in [0.2, 0.25) is 0 Å². The first-order chi connectivity index (χ1) is 16.3. The molecular weight excluding hydrogens is 458 g/mol. The van der Waals surface area contributed by atoms with E-state index in [0.29, 0.717) is 15.7 Å². The van der Waals surface area contributed by atoms with Gasteiger partial charge in [0.2, 0.25) is 16.9 Å². The van der Waals surface area contributed by atoms with Gasteiger partial charge in [0.05, 0.1) is 12.0 Å². The Balaban J connectivity index is 1.62. The Kier molecular flexibility index (Phi) is 8.04. The predicted octanol–water partition coefficient (Wildman–Crippen LogP) is 3.91. The van der Waals surface area contributed by atoms with Gasteiger partial charge in [-0.3, -0.25) is 25.0 Å². The number of rotatable bonds is 9. The summed E-state index contributed by atoms with van der Waals surface area (Å²) < 4.78 is 5.15. The third kappa shape index (κ3) is 6.45. The molecule has 0 saturated heterocycles. The normalized spacial score (nSPS) is 11.9. The molecule has 0 fully saturated rings. The van der Waals surface area contributed by atoms with Crippen LogP contribution in [0.25, 0.3) is 16.6 Å². The number of nitro groups is 1. The van der Waals surface area contributed by atoms with E-state index in [9.17, 15) is 19.7 Å². The van der Waals surface area contributed by atoms with Gasteiger partial charge in [0.1, 0.15) is 16.8 Å². The maximum absolute atomic E-state index is 12.8. The molecule has 0 aliphatic carbocycles. The van der Waals surface area contributed by atoms with Crippen molar-refractivity contribution in [3.8, 4) is 16.3 Å². The summed E-state index contributed by atoms with van der Waals surface area (Å²) in [6, 6.07) is 12.3. The highest BCUT2D eigenvalue weighted by molar-refractivity contribution is 7.18. The molecule has 2 N–H and O–H groups in total. The first-order valence-corrected chi connectivity index (χ1v) is 11.1. The number of hydrogen-bond acceptors (Lipinski definition) is 8. The number of carbonyl (C=O) groups is 2. The number of aromatic nitrogens is 2. The molecule has 0 saturated carbocycles. The molecule has 10 nitrogen and oxygen atoms in total. The van der Waals surface area contributed by atoms with E-state index in [-0.39, 0.29) is 11.6 Å². The van der Waals surface area contributed by atoms with Gasteiger partial charge >= 0.3 is 0 Å². The Morgan fingerprint density at radius 1 is 1.09 bits per heavy atom. The average Bonchev–Trinajstić information content (AvgIpc) is 3.29. The monoisotopic (exact) mass is 481 g/mol. The van der Waals surface area contributed by atoms with Crippen LogP contribution in [-0.2, 0) is 9.59 Å². The summed E-state index contributed by atoms with van der Waals surface area (Å²) in [6.07, 6.45) is 2.79. The third-order valence-electron chi connectivity index (χ3n) is 4.77. The zero-order valence-corrected chi connectivity index (χ0v) is 19.5. The molecule has 11 heteroatoms. The minimum absolute atomic E-state index is 0.0371. The molecule has 1 unspecified atom stereocenters. The molecule has 0 aliphatic rings. The quantitative estimate of drug-likeness (QED) is 0.268. The van der Waals surface area contributed by atoms with Crippen LogP contribution in [-0.4, -0.2) is 40.1 Å². The summed E-state index contributed by atoms with van der Waals surface area (Å²) in [4.78, 5) is 35.4. The number of hydrogen-bond donors (Lipinski definition) is 2. The van der Waals surface area contributed by atoms with E-state index in [4.69, 9.17) is 4.74 Å². The van der Waals surface area contributed by atoms with E-state index in [0.717, 1.165) is 11.3 Å². The molecular formula is C23H23N5O5S. The molecule has 3 rings (SSSR count). The molecule has 34 heavy (non-hydrogen) atoms. The first-order valence-electron chi connectivity index (χ1n) is 10.3. The van der Waals surface area contributed by atoms with E-state index >= 15 is 0 Å². The fourth-order valence-corrected chi connectivity index (χ4v) is 3.67. The molecule has 0 bridgehead atoms. The second-order valence-corrected chi connectivity index (χ2v) is 8.52. The second-order valence-electron chi connectivity index (χ2n) is 7.54. The van der Waals surface area contributed by atoms with Crippen LogP contribution in [0.3, 0.4) is 0 Å². The number of methoxy groups -OCH3 is 1. The predicted molar refractivity (Wildman–Crippen MR) is 129 cm³/mol. The van der Waals surface area contributed by atoms with Gasteiger partial charge in [0.25, 0.3) is 5.69 Å². The highest BCUT2D eigenvalue weighted by atomic mass is 32.1. The molecule has 0 aliphatic heterocycles. The molecule has 176 valence electrons. The second kappa shape index (κ2) is 11.1. The van der Waals surface area contributed by atoms with Gasteiger partial charge in [0, 0.05) is 23.8 Å². The van der Waals surface area contributed by atoms with Gasteiger partial charge in [-0.25, -0.2) is 0 Å². The number of nitro benzene ring substituents is 1. The third-order valence-corrected chi connectivity index (χ3v) is 5.66. The van der Waals surface area contributed by atoms with Gasteiger partial charge in [-0.15, -0.1) is 10.2 Å². The molecule has 2 aromatic carbocycles. The first kappa shape index (κ1) is 24.5. The molecule has 3 aromatic rings. The lowest BCUT2D eigenvalue weighted by Crippen LogP contribution is -2.46. The van der Waals surface area contributed by atoms with Gasteiger partial charge in [-0.1, -0.05) is 25.2 Å². The van der Waals surface area contributed by atoms with Crippen molar-refractivity contribution in [2.75, 3.05) is 12.4 Å². The SMILES string of the molecule is COc1ccc(-c2nnc(NC(=O)C(NC(=O)/C=C/c3ccc([N+](=O)[O-])cc3)C(C)C)s2)cc1. The summed E-state index contributed by atoms with van der Waals surface area (Å²) in [5.74, 6) is -0.349. The summed E-state index contributed by atoms with van der Waals surface area (Å²) in [5, 5.41) is 25.2. The summed E-state index contributed by atoms with van der Waals surface area (Å²) in [5.41, 5.74) is 1.42. The Morgan fingerprint density at radius 2 is 1.76 bits per heavy atom. The minimum Gasteiger partial charge on any atom is -0.497 e. The smallest absolute Gasteiger partial charge is 0.269 e. The van der Waals surface area contributed by atoms with Crippen molar-refractivity contribution in [2.45, 2.75) is 19.9 Å². The van der Waals surface area contributed by atoms with Crippen LogP contribution in [0.1, 0.15) is 19.4 Å². The molecule has 1 aromatic heterocycles. The number of carbonyl (C=O) groups excluding carboxylic acids is 2. The van der Waals surface area contributed by atoms with Gasteiger partial charge in [-0.05, 0) is 54.0 Å². The zero-order chi connectivity index (χ0) is 24.7. The standard InChI is InChI=1S/C23H23N5O5S/c1-14(2)20(24-19(29)13-6-15-4-9-17(10-5-15)28(31)32)21(30)25-23-27-26-22(34-23)16-7-11-18(33-3)12-8-16/h4-14,20H,1-3H3,(H,24,29)(H,25,27,30)/b13-6+. The molecule has 1 heterocycles. The van der Waals surface area contributed by atoms with E-state index < -0.39 is 22.8 Å². The van der Waals surface area contributed by atoms with E-state index in [2.05, 4.69) is 20.8 Å². The largest absolute Gasteiger partial charge is 0.497 e. The van der Waals surface area contributed by atoms with E-state index in [1.165, 1.54) is 47.8 Å². The Bertz CT molecular complexity index is 1190. The highest BCUT2D eigenvalue weighted by Gasteiger charge is 2.24. The maximum atomic E-state index is 12.8. The van der Waals surface area contributed by atoms with Crippen molar-refractivity contribution in [1.82, 2.24) is 15.5 Å². The number of amides is 2. The fourth-order valence-electron chi connectivity index (χ4n) is 2.92. The van der Waals surface area contributed by atoms with Crippen molar-refractivity contribution in [3.63, 3.8) is 0 Å². The summed E-state index contributed by atoms with van der Waals surface area (Å²) >= 11 is 1.22. The highest BCUT2D eigenvalue weighted by Crippen LogP contribution is 2.28. The molecule has 0 spiro atoms. The van der Waals surface area contributed by atoms with Crippen LogP contribution >= 0.6 is 11.3 Å². The lowest BCUT2D eigenvalue weighted by atomic mass is 10.0. The topological polar surface area (TPSA) is 136 Å². The van der Waals surface area contributed by atoms with E-state index in [1.807, 2.05) is 38.1 Å². The van der Waals surface area contributed by atoms with Crippen molar-refractivity contribution >= 4 is 40.0 Å². The number of non-ortho nitro benzene ring substituents is 1. The van der Waals surface area contributed by atoms with Gasteiger partial charge < -0.3 is 10.1 Å². The molecule has 1 atom stereocenters. The summed E-state index contributed by atoms with van der Waals surface area (Å²) in [7, 11) is 1.59. The Hall–Kier alpha value is -4.12. The fraction of sp³-hybridized carbons (Fsp3) is 0.217. The van der Waals surface area contributed by atoms with Crippen LogP contribution in [0.5, 0.6) is 5.75 Å². The van der Waals surface area contributed by atoms with Crippen molar-refractivity contribution < 1.29 is 19.2 Å². The average molecular weight is 482 g/mol. The number of anilines is 1. The van der Waals surface area contributed by atoms with Crippen molar-refractivity contribution in [3.05, 3.63) is 70.3 Å². The van der Waals surface area contributed by atoms with Crippen LogP contribution < -0.4 is 15.4 Å². The molecule has 2 amide bonds.